The number of rotatable bonds is 7. The molecule has 0 spiro atoms. The summed E-state index contributed by atoms with van der Waals surface area (Å²) in [4.78, 5) is 17.1. The number of amides is 1. The number of ether oxygens (including phenoxy) is 1. The molecule has 1 aliphatic heterocycles. The lowest BCUT2D eigenvalue weighted by Gasteiger charge is -2.38. The zero-order valence-corrected chi connectivity index (χ0v) is 20.6. The maximum absolute atomic E-state index is 13.4. The highest BCUT2D eigenvalue weighted by molar-refractivity contribution is 7.89. The Morgan fingerprint density at radius 3 is 2.42 bits per heavy atom. The Morgan fingerprint density at radius 1 is 1.15 bits per heavy atom. The topological polar surface area (TPSA) is 90.4 Å². The maximum Gasteiger partial charge on any atom is 0.258 e. The first-order chi connectivity index (χ1) is 15.6. The lowest BCUT2D eigenvalue weighted by Crippen LogP contribution is -2.50. The Balaban J connectivity index is 1.98. The van der Waals surface area contributed by atoms with E-state index < -0.39 is 16.1 Å². The number of nitrogens with zero attached hydrogens (tertiary/aromatic N) is 3. The molecule has 0 aliphatic carbocycles. The Labute approximate surface area is 196 Å². The fourth-order valence-corrected chi connectivity index (χ4v) is 5.03. The van der Waals surface area contributed by atoms with Crippen molar-refractivity contribution < 1.29 is 23.1 Å². The van der Waals surface area contributed by atoms with Gasteiger partial charge in [-0.25, -0.2) is 8.42 Å². The van der Waals surface area contributed by atoms with E-state index in [1.165, 1.54) is 11.4 Å². The van der Waals surface area contributed by atoms with Crippen molar-refractivity contribution in [2.45, 2.75) is 30.9 Å². The monoisotopic (exact) mass is 475 g/mol. The normalized spacial score (nSPS) is 20.0. The van der Waals surface area contributed by atoms with Gasteiger partial charge in [0, 0.05) is 39.3 Å². The molecule has 0 fully saturated rings. The fraction of sp³-hybridized carbons (Fsp3) is 0.458. The maximum atomic E-state index is 13.4. The average molecular weight is 476 g/mol. The van der Waals surface area contributed by atoms with Crippen LogP contribution in [-0.2, 0) is 10.0 Å². The van der Waals surface area contributed by atoms with Gasteiger partial charge < -0.3 is 19.6 Å². The summed E-state index contributed by atoms with van der Waals surface area (Å²) in [5.74, 6) is 0.00617. The standard InChI is InChI=1S/C24H33N3O5S/c1-17-14-27(18(2)16-28)24(29)21-13-19(25(3)4)11-12-22(21)32-23(17)15-26(5)33(30,31)20-9-7-6-8-10-20/h6-13,17-18,23,28H,14-16H2,1-5H3/t17-,18+,23+/m0/s1. The molecule has 3 atom stereocenters. The molecule has 1 heterocycles. The Bertz CT molecular complexity index is 1070. The van der Waals surface area contributed by atoms with Gasteiger partial charge in [-0.2, -0.15) is 4.31 Å². The van der Waals surface area contributed by atoms with Crippen LogP contribution in [0.25, 0.3) is 0 Å². The van der Waals surface area contributed by atoms with Crippen LogP contribution >= 0.6 is 0 Å². The summed E-state index contributed by atoms with van der Waals surface area (Å²) >= 11 is 0. The van der Waals surface area contributed by atoms with Gasteiger partial charge in [0.05, 0.1) is 29.7 Å². The molecule has 1 amide bonds. The highest BCUT2D eigenvalue weighted by Crippen LogP contribution is 2.31. The van der Waals surface area contributed by atoms with Crippen molar-refractivity contribution in [3.05, 3.63) is 54.1 Å². The van der Waals surface area contributed by atoms with Gasteiger partial charge in [0.1, 0.15) is 11.9 Å². The minimum absolute atomic E-state index is 0.114. The molecule has 180 valence electrons. The summed E-state index contributed by atoms with van der Waals surface area (Å²) in [6.45, 7) is 3.99. The minimum Gasteiger partial charge on any atom is -0.488 e. The van der Waals surface area contributed by atoms with E-state index in [1.54, 1.807) is 54.3 Å². The van der Waals surface area contributed by atoms with Crippen LogP contribution in [0.5, 0.6) is 5.75 Å². The minimum atomic E-state index is -3.70. The Kier molecular flexibility index (Phi) is 7.66. The fourth-order valence-electron chi connectivity index (χ4n) is 3.83. The van der Waals surface area contributed by atoms with E-state index in [4.69, 9.17) is 4.74 Å². The number of hydrogen-bond acceptors (Lipinski definition) is 6. The predicted molar refractivity (Wildman–Crippen MR) is 128 cm³/mol. The van der Waals surface area contributed by atoms with Crippen molar-refractivity contribution in [2.24, 2.45) is 5.92 Å². The largest absolute Gasteiger partial charge is 0.488 e. The SMILES string of the molecule is C[C@H](CO)N1C[C@H](C)[C@@H](CN(C)S(=O)(=O)c2ccccc2)Oc2ccc(N(C)C)cc2C1=O. The smallest absolute Gasteiger partial charge is 0.258 e. The number of sulfonamides is 1. The van der Waals surface area contributed by atoms with E-state index in [0.717, 1.165) is 5.69 Å². The van der Waals surface area contributed by atoms with Crippen LogP contribution in [0.1, 0.15) is 24.2 Å². The van der Waals surface area contributed by atoms with Crippen LogP contribution in [0, 0.1) is 5.92 Å². The molecule has 9 heteroatoms. The van der Waals surface area contributed by atoms with Crippen LogP contribution in [0.15, 0.2) is 53.4 Å². The lowest BCUT2D eigenvalue weighted by molar-refractivity contribution is 0.0387. The molecule has 1 N–H and O–H groups in total. The molecule has 33 heavy (non-hydrogen) atoms. The first kappa shape index (κ1) is 25.0. The number of likely N-dealkylation sites (N-methyl/N-ethyl adjacent to an activating group) is 1. The highest BCUT2D eigenvalue weighted by atomic mass is 32.2. The van der Waals surface area contributed by atoms with Crippen LogP contribution in [-0.4, -0.2) is 81.6 Å². The van der Waals surface area contributed by atoms with Gasteiger partial charge in [-0.05, 0) is 37.3 Å². The number of fused-ring (bicyclic) bond motifs is 1. The number of anilines is 1. The molecule has 0 aromatic heterocycles. The zero-order valence-electron chi connectivity index (χ0n) is 19.8. The van der Waals surface area contributed by atoms with Crippen LogP contribution in [0.2, 0.25) is 0 Å². The number of carbonyl (C=O) groups is 1. The summed E-state index contributed by atoms with van der Waals surface area (Å²) in [7, 11) is 1.61. The summed E-state index contributed by atoms with van der Waals surface area (Å²) in [6, 6.07) is 13.3. The third-order valence-corrected chi connectivity index (χ3v) is 7.89. The molecule has 0 radical (unpaired) electrons. The molecule has 0 saturated heterocycles. The molecule has 2 aromatic rings. The molecule has 0 bridgehead atoms. The zero-order chi connectivity index (χ0) is 24.3. The predicted octanol–water partition coefficient (Wildman–Crippen LogP) is 2.29. The van der Waals surface area contributed by atoms with Gasteiger partial charge in [0.2, 0.25) is 10.0 Å². The van der Waals surface area contributed by atoms with Gasteiger partial charge >= 0.3 is 0 Å². The summed E-state index contributed by atoms with van der Waals surface area (Å²) < 4.78 is 33.7. The van der Waals surface area contributed by atoms with Crippen molar-refractivity contribution in [2.75, 3.05) is 45.7 Å². The van der Waals surface area contributed by atoms with Gasteiger partial charge in [0.15, 0.2) is 0 Å². The van der Waals surface area contributed by atoms with Crippen LogP contribution < -0.4 is 9.64 Å². The van der Waals surface area contributed by atoms with E-state index in [0.29, 0.717) is 17.9 Å². The second-order valence-electron chi connectivity index (χ2n) is 8.80. The molecular weight excluding hydrogens is 442 g/mol. The number of aliphatic hydroxyl groups excluding tert-OH is 1. The second-order valence-corrected chi connectivity index (χ2v) is 10.8. The van der Waals surface area contributed by atoms with E-state index >= 15 is 0 Å². The molecule has 8 nitrogen and oxygen atoms in total. The van der Waals surface area contributed by atoms with Crippen LogP contribution in [0.3, 0.4) is 0 Å². The Hall–Kier alpha value is -2.62. The number of carbonyl (C=O) groups excluding carboxylic acids is 1. The summed E-state index contributed by atoms with van der Waals surface area (Å²) in [6.07, 6.45) is -0.501. The van der Waals surface area contributed by atoms with Gasteiger partial charge in [-0.3, -0.25) is 4.79 Å². The van der Waals surface area contributed by atoms with Crippen molar-refractivity contribution in [3.63, 3.8) is 0 Å². The second kappa shape index (κ2) is 10.1. The van der Waals surface area contributed by atoms with Crippen molar-refractivity contribution in [1.29, 1.82) is 0 Å². The Morgan fingerprint density at radius 2 is 1.82 bits per heavy atom. The highest BCUT2D eigenvalue weighted by Gasteiger charge is 2.35. The molecule has 2 aromatic carbocycles. The molecule has 1 aliphatic rings. The quantitative estimate of drug-likeness (QED) is 0.661. The summed E-state index contributed by atoms with van der Waals surface area (Å²) in [5.41, 5.74) is 1.24. The first-order valence-corrected chi connectivity index (χ1v) is 12.4. The molecule has 0 saturated carbocycles. The first-order valence-electron chi connectivity index (χ1n) is 11.0. The number of aliphatic hydroxyl groups is 1. The van der Waals surface area contributed by atoms with Gasteiger partial charge in [0.25, 0.3) is 5.91 Å². The molecule has 3 rings (SSSR count). The lowest BCUT2D eigenvalue weighted by atomic mass is 9.99. The van der Waals surface area contributed by atoms with Crippen LogP contribution in [0.4, 0.5) is 5.69 Å². The average Bonchev–Trinajstić information content (AvgIpc) is 2.80. The van der Waals surface area contributed by atoms with E-state index in [-0.39, 0.29) is 35.9 Å². The van der Waals surface area contributed by atoms with Gasteiger partial charge in [-0.15, -0.1) is 0 Å². The van der Waals surface area contributed by atoms with E-state index in [9.17, 15) is 18.3 Å². The van der Waals surface area contributed by atoms with Crippen molar-refractivity contribution in [1.82, 2.24) is 9.21 Å². The third kappa shape index (κ3) is 5.31. The van der Waals surface area contributed by atoms with Crippen molar-refractivity contribution >= 4 is 21.6 Å². The van der Waals surface area contributed by atoms with E-state index in [1.807, 2.05) is 32.0 Å². The summed E-state index contributed by atoms with van der Waals surface area (Å²) in [5, 5.41) is 9.77. The molecule has 0 unspecified atom stereocenters. The van der Waals surface area contributed by atoms with Crippen molar-refractivity contribution in [3.8, 4) is 5.75 Å². The molecular formula is C24H33N3O5S. The number of benzene rings is 2. The van der Waals surface area contributed by atoms with Gasteiger partial charge in [-0.1, -0.05) is 25.1 Å². The number of hydrogen-bond donors (Lipinski definition) is 1. The third-order valence-electron chi connectivity index (χ3n) is 6.05. The van der Waals surface area contributed by atoms with E-state index in [2.05, 4.69) is 0 Å².